The summed E-state index contributed by atoms with van der Waals surface area (Å²) in [5.74, 6) is 5.03. The van der Waals surface area contributed by atoms with Crippen molar-refractivity contribution in [1.29, 1.82) is 5.26 Å². The summed E-state index contributed by atoms with van der Waals surface area (Å²) >= 11 is 0. The molecule has 80 valence electrons. The van der Waals surface area contributed by atoms with Gasteiger partial charge in [0.25, 0.3) is 0 Å². The number of methoxy groups -OCH3 is 1. The molecule has 0 saturated heterocycles. The summed E-state index contributed by atoms with van der Waals surface area (Å²) in [5, 5.41) is 18.4. The smallest absolute Gasteiger partial charge is 0.178 e. The molecule has 0 heterocycles. The maximum absolute atomic E-state index is 9.55. The van der Waals surface area contributed by atoms with E-state index in [1.54, 1.807) is 6.07 Å². The van der Waals surface area contributed by atoms with E-state index in [1.165, 1.54) is 13.2 Å². The maximum Gasteiger partial charge on any atom is 0.178 e. The lowest BCUT2D eigenvalue weighted by Gasteiger charge is -2.08. The van der Waals surface area contributed by atoms with Gasteiger partial charge in [-0.25, -0.2) is 5.90 Å². The summed E-state index contributed by atoms with van der Waals surface area (Å²) in [6, 6.07) is 5.11. The van der Waals surface area contributed by atoms with E-state index in [9.17, 15) is 5.11 Å². The van der Waals surface area contributed by atoms with Gasteiger partial charge in [0, 0.05) is 0 Å². The van der Waals surface area contributed by atoms with Crippen molar-refractivity contribution in [3.05, 3.63) is 23.3 Å². The number of phenols is 1. The maximum atomic E-state index is 9.55. The van der Waals surface area contributed by atoms with Crippen molar-refractivity contribution in [3.63, 3.8) is 0 Å². The molecule has 0 spiro atoms. The van der Waals surface area contributed by atoms with Crippen LogP contribution in [0.2, 0.25) is 0 Å². The Morgan fingerprint density at radius 1 is 1.53 bits per heavy atom. The highest BCUT2D eigenvalue weighted by Crippen LogP contribution is 2.31. The van der Waals surface area contributed by atoms with Gasteiger partial charge in [0.1, 0.15) is 6.07 Å². The molecule has 0 atom stereocenters. The number of aromatic hydroxyl groups is 1. The molecule has 0 aliphatic carbocycles. The van der Waals surface area contributed by atoms with Crippen LogP contribution in [0.4, 0.5) is 0 Å². The van der Waals surface area contributed by atoms with Crippen LogP contribution in [0.1, 0.15) is 11.1 Å². The van der Waals surface area contributed by atoms with Crippen molar-refractivity contribution in [3.8, 4) is 17.6 Å². The number of benzene rings is 1. The monoisotopic (exact) mass is 208 g/mol. The third kappa shape index (κ3) is 2.59. The Bertz CT molecular complexity index is 385. The predicted molar refractivity (Wildman–Crippen MR) is 53.2 cm³/mol. The summed E-state index contributed by atoms with van der Waals surface area (Å²) in [4.78, 5) is 4.42. The van der Waals surface area contributed by atoms with E-state index in [2.05, 4.69) is 4.84 Å². The molecule has 0 aliphatic heterocycles. The molecule has 0 fully saturated rings. The van der Waals surface area contributed by atoms with E-state index in [0.717, 1.165) is 5.56 Å². The minimum atomic E-state index is -0.0522. The first-order valence-corrected chi connectivity index (χ1v) is 4.34. The zero-order valence-electron chi connectivity index (χ0n) is 8.36. The first kappa shape index (κ1) is 11.3. The van der Waals surface area contributed by atoms with E-state index in [4.69, 9.17) is 15.9 Å². The number of nitrogens with two attached hydrogens (primary N) is 1. The predicted octanol–water partition coefficient (Wildman–Crippen LogP) is 0.705. The number of rotatable bonds is 4. The SMILES string of the molecule is COc1c(O)cc(CCON)cc1C#N. The van der Waals surface area contributed by atoms with Crippen molar-refractivity contribution in [2.45, 2.75) is 6.42 Å². The van der Waals surface area contributed by atoms with Gasteiger partial charge in [-0.15, -0.1) is 0 Å². The minimum Gasteiger partial charge on any atom is -0.504 e. The number of nitrogens with zero attached hydrogens (tertiary/aromatic N) is 1. The topological polar surface area (TPSA) is 88.5 Å². The van der Waals surface area contributed by atoms with Gasteiger partial charge in [0.05, 0.1) is 19.3 Å². The first-order chi connectivity index (χ1) is 7.22. The van der Waals surface area contributed by atoms with Gasteiger partial charge in [0.2, 0.25) is 0 Å². The molecule has 1 aromatic carbocycles. The lowest BCUT2D eigenvalue weighted by atomic mass is 10.1. The number of hydrogen-bond acceptors (Lipinski definition) is 5. The van der Waals surface area contributed by atoms with Crippen LogP contribution >= 0.6 is 0 Å². The molecule has 0 saturated carbocycles. The Morgan fingerprint density at radius 2 is 2.27 bits per heavy atom. The zero-order valence-corrected chi connectivity index (χ0v) is 8.36. The average molecular weight is 208 g/mol. The molecule has 1 aromatic rings. The molecule has 0 amide bonds. The van der Waals surface area contributed by atoms with Gasteiger partial charge in [0.15, 0.2) is 11.5 Å². The quantitative estimate of drug-likeness (QED) is 0.711. The van der Waals surface area contributed by atoms with Gasteiger partial charge in [-0.1, -0.05) is 0 Å². The van der Waals surface area contributed by atoms with Crippen molar-refractivity contribution in [1.82, 2.24) is 0 Å². The molecule has 1 rings (SSSR count). The van der Waals surface area contributed by atoms with Crippen molar-refractivity contribution in [2.75, 3.05) is 13.7 Å². The van der Waals surface area contributed by atoms with Gasteiger partial charge in [-0.2, -0.15) is 5.26 Å². The molecular weight excluding hydrogens is 196 g/mol. The number of nitriles is 1. The summed E-state index contributed by atoms with van der Waals surface area (Å²) in [5.41, 5.74) is 1.07. The molecule has 5 heteroatoms. The average Bonchev–Trinajstić information content (AvgIpc) is 2.25. The largest absolute Gasteiger partial charge is 0.504 e. The van der Waals surface area contributed by atoms with Gasteiger partial charge >= 0.3 is 0 Å². The van der Waals surface area contributed by atoms with Crippen LogP contribution in [0.3, 0.4) is 0 Å². The molecule has 0 aliphatic rings. The van der Waals surface area contributed by atoms with Crippen LogP contribution < -0.4 is 10.6 Å². The molecule has 0 radical (unpaired) electrons. The van der Waals surface area contributed by atoms with Crippen molar-refractivity contribution in [2.24, 2.45) is 5.90 Å². The highest BCUT2D eigenvalue weighted by Gasteiger charge is 2.10. The third-order valence-electron chi connectivity index (χ3n) is 1.96. The summed E-state index contributed by atoms with van der Waals surface area (Å²) in [7, 11) is 1.40. The Labute approximate surface area is 87.6 Å². The van der Waals surface area contributed by atoms with Crippen LogP contribution in [0.15, 0.2) is 12.1 Å². The Balaban J connectivity index is 3.04. The van der Waals surface area contributed by atoms with Crippen LogP contribution in [-0.2, 0) is 11.3 Å². The van der Waals surface area contributed by atoms with Crippen molar-refractivity contribution < 1.29 is 14.7 Å². The lowest BCUT2D eigenvalue weighted by Crippen LogP contribution is -2.04. The summed E-state index contributed by atoms with van der Waals surface area (Å²) in [6.45, 7) is 0.330. The highest BCUT2D eigenvalue weighted by molar-refractivity contribution is 5.54. The van der Waals surface area contributed by atoms with Crippen LogP contribution in [0.25, 0.3) is 0 Å². The molecule has 3 N–H and O–H groups in total. The summed E-state index contributed by atoms with van der Waals surface area (Å²) in [6.07, 6.45) is 0.530. The highest BCUT2D eigenvalue weighted by atomic mass is 16.6. The van der Waals surface area contributed by atoms with Crippen LogP contribution in [0.5, 0.6) is 11.5 Å². The second-order valence-electron chi connectivity index (χ2n) is 2.93. The molecule has 0 bridgehead atoms. The standard InChI is InChI=1S/C10H12N2O3/c1-14-10-8(6-11)4-7(2-3-15-12)5-9(10)13/h4-5,13H,2-3,12H2,1H3. The van der Waals surface area contributed by atoms with E-state index in [0.29, 0.717) is 18.6 Å². The van der Waals surface area contributed by atoms with Crippen LogP contribution in [-0.4, -0.2) is 18.8 Å². The number of phenolic OH excluding ortho intramolecular Hbond substituents is 1. The van der Waals surface area contributed by atoms with Gasteiger partial charge in [-0.05, 0) is 24.1 Å². The van der Waals surface area contributed by atoms with Crippen LogP contribution in [0, 0.1) is 11.3 Å². The normalized spacial score (nSPS) is 9.67. The Morgan fingerprint density at radius 3 is 2.80 bits per heavy atom. The lowest BCUT2D eigenvalue weighted by molar-refractivity contribution is 0.141. The summed E-state index contributed by atoms with van der Waals surface area (Å²) < 4.78 is 4.90. The molecule has 15 heavy (non-hydrogen) atoms. The second kappa shape index (κ2) is 5.20. The third-order valence-corrected chi connectivity index (χ3v) is 1.96. The fourth-order valence-electron chi connectivity index (χ4n) is 1.29. The van der Waals surface area contributed by atoms with E-state index in [-0.39, 0.29) is 11.5 Å². The van der Waals surface area contributed by atoms with E-state index >= 15 is 0 Å². The van der Waals surface area contributed by atoms with Gasteiger partial charge in [-0.3, -0.25) is 0 Å². The molecule has 5 nitrogen and oxygen atoms in total. The fourth-order valence-corrected chi connectivity index (χ4v) is 1.29. The van der Waals surface area contributed by atoms with Crippen molar-refractivity contribution >= 4 is 0 Å². The number of ether oxygens (including phenoxy) is 1. The Hall–Kier alpha value is -1.77. The minimum absolute atomic E-state index is 0.0522. The first-order valence-electron chi connectivity index (χ1n) is 4.34. The van der Waals surface area contributed by atoms with E-state index < -0.39 is 0 Å². The second-order valence-corrected chi connectivity index (χ2v) is 2.93. The van der Waals surface area contributed by atoms with E-state index in [1.807, 2.05) is 6.07 Å². The zero-order chi connectivity index (χ0) is 11.3. The number of hydrogen-bond donors (Lipinski definition) is 2. The Kier molecular flexibility index (Phi) is 3.92. The fraction of sp³-hybridized carbons (Fsp3) is 0.300. The molecule has 0 aromatic heterocycles. The van der Waals surface area contributed by atoms with Gasteiger partial charge < -0.3 is 14.7 Å². The molecular formula is C10H12N2O3. The molecule has 0 unspecified atom stereocenters.